The third kappa shape index (κ3) is 4.40. The molecule has 0 spiro atoms. The average Bonchev–Trinajstić information content (AvgIpc) is 2.68. The van der Waals surface area contributed by atoms with Gasteiger partial charge in [-0.1, -0.05) is 11.6 Å². The van der Waals surface area contributed by atoms with E-state index in [9.17, 15) is 9.18 Å². The number of likely N-dealkylation sites (N-methyl/N-ethyl adjacent to an activating group) is 1. The van der Waals surface area contributed by atoms with Gasteiger partial charge in [-0.15, -0.1) is 5.10 Å². The molecule has 1 saturated heterocycles. The zero-order valence-electron chi connectivity index (χ0n) is 14.5. The minimum Gasteiger partial charge on any atom is -0.353 e. The summed E-state index contributed by atoms with van der Waals surface area (Å²) in [4.78, 5) is 16.3. The van der Waals surface area contributed by atoms with Crippen molar-refractivity contribution in [3.05, 3.63) is 52.9 Å². The SMILES string of the molecule is CN(C(=O)NCc1cc(Cl)ccc1F)[C@@H]1CCCN(c2cccnn2)C1. The number of hydrogen-bond acceptors (Lipinski definition) is 4. The molecule has 8 heteroatoms. The van der Waals surface area contributed by atoms with Crippen LogP contribution < -0.4 is 10.2 Å². The standard InChI is InChI=1S/C18H21ClFN5O/c1-24(18(26)21-11-13-10-14(19)6-7-16(13)20)15-4-3-9-25(12-15)17-5-2-8-22-23-17/h2,5-8,10,15H,3-4,9,11-12H2,1H3,(H,21,26)/t15-/m1/s1. The lowest BCUT2D eigenvalue weighted by Gasteiger charge is -2.37. The Kier molecular flexibility index (Phi) is 5.88. The third-order valence-corrected chi connectivity index (χ3v) is 4.82. The van der Waals surface area contributed by atoms with Crippen molar-refractivity contribution in [1.82, 2.24) is 20.4 Å². The van der Waals surface area contributed by atoms with Gasteiger partial charge in [-0.05, 0) is 43.2 Å². The zero-order valence-corrected chi connectivity index (χ0v) is 15.3. The summed E-state index contributed by atoms with van der Waals surface area (Å²) in [6, 6.07) is 7.88. The number of hydrogen-bond donors (Lipinski definition) is 1. The largest absolute Gasteiger partial charge is 0.353 e. The van der Waals surface area contributed by atoms with Crippen molar-refractivity contribution < 1.29 is 9.18 Å². The number of amides is 2. The predicted molar refractivity (Wildman–Crippen MR) is 98.7 cm³/mol. The second kappa shape index (κ2) is 8.31. The minimum absolute atomic E-state index is 0.0509. The molecule has 1 aliphatic heterocycles. The lowest BCUT2D eigenvalue weighted by Crippen LogP contribution is -2.51. The molecule has 1 N–H and O–H groups in total. The van der Waals surface area contributed by atoms with Crippen LogP contribution in [0.5, 0.6) is 0 Å². The molecule has 138 valence electrons. The summed E-state index contributed by atoms with van der Waals surface area (Å²) in [5, 5.41) is 11.3. The van der Waals surface area contributed by atoms with E-state index >= 15 is 0 Å². The second-order valence-corrected chi connectivity index (χ2v) is 6.77. The van der Waals surface area contributed by atoms with Crippen LogP contribution in [-0.4, -0.2) is 47.3 Å². The first-order chi connectivity index (χ1) is 12.5. The number of rotatable bonds is 4. The Bertz CT molecular complexity index is 761. The number of nitrogens with one attached hydrogen (secondary N) is 1. The number of carbonyl (C=O) groups is 1. The van der Waals surface area contributed by atoms with E-state index in [0.29, 0.717) is 17.1 Å². The third-order valence-electron chi connectivity index (χ3n) is 4.58. The molecule has 3 rings (SSSR count). The molecule has 0 unspecified atom stereocenters. The number of piperidine rings is 1. The van der Waals surface area contributed by atoms with E-state index in [0.717, 1.165) is 25.2 Å². The molecule has 6 nitrogen and oxygen atoms in total. The number of benzene rings is 1. The number of urea groups is 1. The van der Waals surface area contributed by atoms with Gasteiger partial charge < -0.3 is 15.1 Å². The highest BCUT2D eigenvalue weighted by molar-refractivity contribution is 6.30. The van der Waals surface area contributed by atoms with E-state index in [1.165, 1.54) is 18.2 Å². The fourth-order valence-electron chi connectivity index (χ4n) is 3.08. The highest BCUT2D eigenvalue weighted by Gasteiger charge is 2.26. The molecule has 1 aliphatic rings. The fourth-order valence-corrected chi connectivity index (χ4v) is 3.28. The highest BCUT2D eigenvalue weighted by atomic mass is 35.5. The molecule has 1 aromatic heterocycles. The van der Waals surface area contributed by atoms with Gasteiger partial charge in [0.15, 0.2) is 5.82 Å². The lowest BCUT2D eigenvalue weighted by molar-refractivity contribution is 0.182. The summed E-state index contributed by atoms with van der Waals surface area (Å²) in [5.74, 6) is 0.427. The van der Waals surface area contributed by atoms with Crippen LogP contribution >= 0.6 is 11.6 Å². The van der Waals surface area contributed by atoms with Crippen molar-refractivity contribution in [3.8, 4) is 0 Å². The smallest absolute Gasteiger partial charge is 0.317 e. The normalized spacial score (nSPS) is 17.0. The van der Waals surface area contributed by atoms with Gasteiger partial charge in [-0.3, -0.25) is 0 Å². The van der Waals surface area contributed by atoms with Gasteiger partial charge in [0.2, 0.25) is 0 Å². The maximum absolute atomic E-state index is 13.8. The first-order valence-corrected chi connectivity index (χ1v) is 8.89. The van der Waals surface area contributed by atoms with Gasteiger partial charge >= 0.3 is 6.03 Å². The van der Waals surface area contributed by atoms with Crippen LogP contribution in [0.25, 0.3) is 0 Å². The lowest BCUT2D eigenvalue weighted by atomic mass is 10.0. The monoisotopic (exact) mass is 377 g/mol. The molecule has 2 amide bonds. The second-order valence-electron chi connectivity index (χ2n) is 6.33. The topological polar surface area (TPSA) is 61.4 Å². The maximum atomic E-state index is 13.8. The van der Waals surface area contributed by atoms with Crippen LogP contribution in [0.3, 0.4) is 0 Å². The van der Waals surface area contributed by atoms with E-state index in [4.69, 9.17) is 11.6 Å². The molecule has 26 heavy (non-hydrogen) atoms. The highest BCUT2D eigenvalue weighted by Crippen LogP contribution is 2.20. The van der Waals surface area contributed by atoms with E-state index in [1.54, 1.807) is 18.1 Å². The molecule has 0 saturated carbocycles. The summed E-state index contributed by atoms with van der Waals surface area (Å²) in [7, 11) is 1.76. The number of aromatic nitrogens is 2. The molecular weight excluding hydrogens is 357 g/mol. The van der Waals surface area contributed by atoms with Crippen molar-refractivity contribution in [2.75, 3.05) is 25.0 Å². The number of halogens is 2. The molecule has 1 aromatic carbocycles. The minimum atomic E-state index is -0.385. The van der Waals surface area contributed by atoms with Gasteiger partial charge in [-0.25, -0.2) is 9.18 Å². The molecular formula is C18H21ClFN5O. The number of nitrogens with zero attached hydrogens (tertiary/aromatic N) is 4. The Morgan fingerprint density at radius 2 is 2.31 bits per heavy atom. The molecule has 0 bridgehead atoms. The van der Waals surface area contributed by atoms with Gasteiger partial charge in [0.05, 0.1) is 6.04 Å². The van der Waals surface area contributed by atoms with Crippen molar-refractivity contribution in [2.45, 2.75) is 25.4 Å². The van der Waals surface area contributed by atoms with Crippen molar-refractivity contribution in [1.29, 1.82) is 0 Å². The zero-order chi connectivity index (χ0) is 18.5. The van der Waals surface area contributed by atoms with Crippen LogP contribution in [0.2, 0.25) is 5.02 Å². The van der Waals surface area contributed by atoms with E-state index in [1.807, 2.05) is 12.1 Å². The van der Waals surface area contributed by atoms with Crippen LogP contribution in [0.1, 0.15) is 18.4 Å². The molecule has 0 aliphatic carbocycles. The Morgan fingerprint density at radius 3 is 3.08 bits per heavy atom. The van der Waals surface area contributed by atoms with E-state index < -0.39 is 0 Å². The molecule has 1 atom stereocenters. The van der Waals surface area contributed by atoms with Crippen molar-refractivity contribution in [3.63, 3.8) is 0 Å². The summed E-state index contributed by atoms with van der Waals surface area (Å²) < 4.78 is 13.8. The van der Waals surface area contributed by atoms with Crippen LogP contribution in [0, 0.1) is 5.82 Å². The summed E-state index contributed by atoms with van der Waals surface area (Å²) in [6.45, 7) is 1.67. The number of anilines is 1. The molecule has 1 fully saturated rings. The van der Waals surface area contributed by atoms with Crippen LogP contribution in [-0.2, 0) is 6.54 Å². The van der Waals surface area contributed by atoms with E-state index in [2.05, 4.69) is 20.4 Å². The quantitative estimate of drug-likeness (QED) is 0.889. The summed E-state index contributed by atoms with van der Waals surface area (Å²) >= 11 is 5.88. The maximum Gasteiger partial charge on any atom is 0.317 e. The van der Waals surface area contributed by atoms with Gasteiger partial charge in [0.25, 0.3) is 0 Å². The van der Waals surface area contributed by atoms with Crippen LogP contribution in [0.15, 0.2) is 36.5 Å². The predicted octanol–water partition coefficient (Wildman–Crippen LogP) is 3.08. The Hall–Kier alpha value is -2.41. The van der Waals surface area contributed by atoms with Gasteiger partial charge in [0.1, 0.15) is 5.82 Å². The Morgan fingerprint density at radius 1 is 1.46 bits per heavy atom. The Balaban J connectivity index is 1.58. The van der Waals surface area contributed by atoms with Crippen molar-refractivity contribution in [2.24, 2.45) is 0 Å². The van der Waals surface area contributed by atoms with Gasteiger partial charge in [0, 0.05) is 43.5 Å². The van der Waals surface area contributed by atoms with Crippen LogP contribution in [0.4, 0.5) is 15.0 Å². The number of carbonyl (C=O) groups excluding carboxylic acids is 1. The molecule has 2 heterocycles. The molecule has 0 radical (unpaired) electrons. The summed E-state index contributed by atoms with van der Waals surface area (Å²) in [6.07, 6.45) is 3.51. The fraction of sp³-hybridized carbons (Fsp3) is 0.389. The first kappa shape index (κ1) is 18.4. The average molecular weight is 378 g/mol. The summed E-state index contributed by atoms with van der Waals surface area (Å²) in [5.41, 5.74) is 0.365. The molecule has 2 aromatic rings. The first-order valence-electron chi connectivity index (χ1n) is 8.52. The van der Waals surface area contributed by atoms with Gasteiger partial charge in [-0.2, -0.15) is 5.10 Å². The Labute approximate surface area is 157 Å². The van der Waals surface area contributed by atoms with Crippen molar-refractivity contribution >= 4 is 23.4 Å². The van der Waals surface area contributed by atoms with E-state index in [-0.39, 0.29) is 24.4 Å².